The number of phenols is 1. The Hall–Kier alpha value is -3.15. The lowest BCUT2D eigenvalue weighted by molar-refractivity contribution is 0.462. The Balaban J connectivity index is 1.83. The van der Waals surface area contributed by atoms with Crippen LogP contribution in [0.15, 0.2) is 49.1 Å². The molecule has 0 saturated heterocycles. The topological polar surface area (TPSA) is 86.7 Å². The van der Waals surface area contributed by atoms with E-state index < -0.39 is 0 Å². The molecule has 0 amide bonds. The van der Waals surface area contributed by atoms with Crippen LogP contribution in [0.2, 0.25) is 0 Å². The molecule has 0 saturated carbocycles. The number of anilines is 1. The van der Waals surface area contributed by atoms with Gasteiger partial charge in [-0.3, -0.25) is 0 Å². The Morgan fingerprint density at radius 1 is 1.12 bits per heavy atom. The first-order valence-electron chi connectivity index (χ1n) is 8.39. The highest BCUT2D eigenvalue weighted by Crippen LogP contribution is 2.36. The monoisotopic (exact) mass is 333 g/mol. The molecule has 0 radical (unpaired) electrons. The summed E-state index contributed by atoms with van der Waals surface area (Å²) in [6, 6.07) is 11.7. The van der Waals surface area contributed by atoms with Crippen LogP contribution in [0.5, 0.6) is 5.75 Å². The van der Waals surface area contributed by atoms with Gasteiger partial charge in [-0.2, -0.15) is 0 Å². The van der Waals surface area contributed by atoms with Crippen molar-refractivity contribution in [3.05, 3.63) is 54.6 Å². The smallest absolute Gasteiger partial charge is 0.182 e. The van der Waals surface area contributed by atoms with Crippen molar-refractivity contribution >= 4 is 27.8 Å². The van der Waals surface area contributed by atoms with Crippen LogP contribution >= 0.6 is 0 Å². The fourth-order valence-electron chi connectivity index (χ4n) is 3.27. The highest BCUT2D eigenvalue weighted by molar-refractivity contribution is 5.89. The summed E-state index contributed by atoms with van der Waals surface area (Å²) in [6.45, 7) is 2.13. The van der Waals surface area contributed by atoms with Crippen molar-refractivity contribution in [2.45, 2.75) is 25.8 Å². The lowest BCUT2D eigenvalue weighted by atomic mass is 9.95. The number of phenolic OH excluding ortho intramolecular Hbond substituents is 1. The SMILES string of the molecule is CCCC(Nc1ncnc2nc[nH]c12)c1c(O)ccc2ccccc12. The minimum absolute atomic E-state index is 0.0718. The number of nitrogens with zero attached hydrogens (tertiary/aromatic N) is 3. The maximum absolute atomic E-state index is 10.6. The Morgan fingerprint density at radius 3 is 2.88 bits per heavy atom. The van der Waals surface area contributed by atoms with Crippen molar-refractivity contribution in [1.29, 1.82) is 0 Å². The summed E-state index contributed by atoms with van der Waals surface area (Å²) >= 11 is 0. The van der Waals surface area contributed by atoms with Crippen LogP contribution in [0.1, 0.15) is 31.4 Å². The van der Waals surface area contributed by atoms with E-state index in [0.29, 0.717) is 17.2 Å². The molecule has 25 heavy (non-hydrogen) atoms. The zero-order valence-corrected chi connectivity index (χ0v) is 13.9. The van der Waals surface area contributed by atoms with E-state index in [0.717, 1.165) is 34.7 Å². The Kier molecular flexibility index (Phi) is 3.93. The number of aromatic nitrogens is 4. The first-order chi connectivity index (χ1) is 12.3. The van der Waals surface area contributed by atoms with Crippen molar-refractivity contribution in [3.63, 3.8) is 0 Å². The van der Waals surface area contributed by atoms with Gasteiger partial charge in [0.25, 0.3) is 0 Å². The van der Waals surface area contributed by atoms with Gasteiger partial charge in [0.1, 0.15) is 17.6 Å². The van der Waals surface area contributed by atoms with E-state index in [4.69, 9.17) is 0 Å². The predicted molar refractivity (Wildman–Crippen MR) is 98.6 cm³/mol. The molecule has 0 bridgehead atoms. The third-order valence-electron chi connectivity index (χ3n) is 4.41. The quantitative estimate of drug-likeness (QED) is 0.510. The minimum Gasteiger partial charge on any atom is -0.508 e. The number of fused-ring (bicyclic) bond motifs is 2. The average Bonchev–Trinajstić information content (AvgIpc) is 3.11. The van der Waals surface area contributed by atoms with Gasteiger partial charge in [-0.25, -0.2) is 15.0 Å². The summed E-state index contributed by atoms with van der Waals surface area (Å²) < 4.78 is 0. The molecule has 6 nitrogen and oxygen atoms in total. The van der Waals surface area contributed by atoms with E-state index in [-0.39, 0.29) is 6.04 Å². The third-order valence-corrected chi connectivity index (χ3v) is 4.41. The van der Waals surface area contributed by atoms with Crippen LogP contribution in [0.25, 0.3) is 21.9 Å². The molecule has 2 aromatic heterocycles. The van der Waals surface area contributed by atoms with E-state index >= 15 is 0 Å². The number of hydrogen-bond donors (Lipinski definition) is 3. The number of hydrogen-bond acceptors (Lipinski definition) is 5. The molecule has 1 atom stereocenters. The number of benzene rings is 2. The third kappa shape index (κ3) is 2.76. The molecule has 0 fully saturated rings. The van der Waals surface area contributed by atoms with Crippen LogP contribution in [-0.2, 0) is 0 Å². The molecule has 0 aliphatic rings. The second-order valence-electron chi connectivity index (χ2n) is 6.03. The summed E-state index contributed by atoms with van der Waals surface area (Å²) in [5.74, 6) is 0.979. The van der Waals surface area contributed by atoms with Crippen LogP contribution in [-0.4, -0.2) is 25.0 Å². The highest BCUT2D eigenvalue weighted by atomic mass is 16.3. The number of rotatable bonds is 5. The largest absolute Gasteiger partial charge is 0.508 e. The molecule has 0 aliphatic carbocycles. The number of aromatic amines is 1. The molecule has 126 valence electrons. The van der Waals surface area contributed by atoms with E-state index in [1.807, 2.05) is 24.3 Å². The fourth-order valence-corrected chi connectivity index (χ4v) is 3.27. The number of nitrogens with one attached hydrogen (secondary N) is 2. The standard InChI is InChI=1S/C19H19N5O/c1-2-5-14(24-19-17-18(21-10-20-17)22-11-23-19)16-13-7-4-3-6-12(13)8-9-15(16)25/h3-4,6-11,14,25H,2,5H2,1H3,(H2,20,21,22,23,24). The molecule has 3 N–H and O–H groups in total. The van der Waals surface area contributed by atoms with E-state index in [1.54, 1.807) is 12.4 Å². The normalized spacial score (nSPS) is 12.5. The van der Waals surface area contributed by atoms with Gasteiger partial charge in [0.15, 0.2) is 11.5 Å². The second kappa shape index (κ2) is 6.39. The lowest BCUT2D eigenvalue weighted by Crippen LogP contribution is -2.13. The zero-order chi connectivity index (χ0) is 17.2. The number of aromatic hydroxyl groups is 1. The average molecular weight is 333 g/mol. The van der Waals surface area contributed by atoms with Gasteiger partial charge < -0.3 is 15.4 Å². The first-order valence-corrected chi connectivity index (χ1v) is 8.39. The molecule has 6 heteroatoms. The van der Waals surface area contributed by atoms with Crippen molar-refractivity contribution in [3.8, 4) is 5.75 Å². The van der Waals surface area contributed by atoms with E-state index in [9.17, 15) is 5.11 Å². The highest BCUT2D eigenvalue weighted by Gasteiger charge is 2.19. The Labute approximate surface area is 145 Å². The molecule has 4 aromatic rings. The molecule has 0 aliphatic heterocycles. The molecule has 0 spiro atoms. The second-order valence-corrected chi connectivity index (χ2v) is 6.03. The Bertz CT molecular complexity index is 1030. The van der Waals surface area contributed by atoms with Gasteiger partial charge in [0.2, 0.25) is 0 Å². The molecular weight excluding hydrogens is 314 g/mol. The minimum atomic E-state index is -0.0718. The number of H-pyrrole nitrogens is 1. The maximum atomic E-state index is 10.6. The molecule has 2 heterocycles. The van der Waals surface area contributed by atoms with Gasteiger partial charge >= 0.3 is 0 Å². The first kappa shape index (κ1) is 15.4. The summed E-state index contributed by atoms with van der Waals surface area (Å²) in [5.41, 5.74) is 2.28. The fraction of sp³-hybridized carbons (Fsp3) is 0.211. The number of imidazole rings is 1. The summed E-state index contributed by atoms with van der Waals surface area (Å²) in [5, 5.41) is 16.2. The zero-order valence-electron chi connectivity index (χ0n) is 13.9. The lowest BCUT2D eigenvalue weighted by Gasteiger charge is -2.22. The van der Waals surface area contributed by atoms with E-state index in [2.05, 4.69) is 38.2 Å². The summed E-state index contributed by atoms with van der Waals surface area (Å²) in [6.07, 6.45) is 4.94. The molecule has 2 aromatic carbocycles. The van der Waals surface area contributed by atoms with Crippen LogP contribution in [0.4, 0.5) is 5.82 Å². The maximum Gasteiger partial charge on any atom is 0.182 e. The summed E-state index contributed by atoms with van der Waals surface area (Å²) in [7, 11) is 0. The van der Waals surface area contributed by atoms with Crippen LogP contribution in [0, 0.1) is 0 Å². The van der Waals surface area contributed by atoms with Crippen molar-refractivity contribution in [1.82, 2.24) is 19.9 Å². The van der Waals surface area contributed by atoms with E-state index in [1.165, 1.54) is 6.33 Å². The van der Waals surface area contributed by atoms with Gasteiger partial charge in [0, 0.05) is 5.56 Å². The van der Waals surface area contributed by atoms with Gasteiger partial charge in [-0.05, 0) is 23.3 Å². The van der Waals surface area contributed by atoms with Crippen molar-refractivity contribution < 1.29 is 5.11 Å². The summed E-state index contributed by atoms with van der Waals surface area (Å²) in [4.78, 5) is 15.8. The predicted octanol–water partition coefficient (Wildman–Crippen LogP) is 4.17. The molecule has 1 unspecified atom stereocenters. The molecular formula is C19H19N5O. The van der Waals surface area contributed by atoms with Gasteiger partial charge in [0.05, 0.1) is 12.4 Å². The van der Waals surface area contributed by atoms with Gasteiger partial charge in [-0.1, -0.05) is 43.7 Å². The van der Waals surface area contributed by atoms with Crippen molar-refractivity contribution in [2.75, 3.05) is 5.32 Å². The Morgan fingerprint density at radius 2 is 2.00 bits per heavy atom. The van der Waals surface area contributed by atoms with Crippen LogP contribution < -0.4 is 5.32 Å². The molecule has 4 rings (SSSR count). The van der Waals surface area contributed by atoms with Crippen molar-refractivity contribution in [2.24, 2.45) is 0 Å². The van der Waals surface area contributed by atoms with Gasteiger partial charge in [-0.15, -0.1) is 0 Å². The van der Waals surface area contributed by atoms with Crippen LogP contribution in [0.3, 0.4) is 0 Å².